The number of imide groups is 1. The highest BCUT2D eigenvalue weighted by Gasteiger charge is 2.37. The number of amides is 3. The summed E-state index contributed by atoms with van der Waals surface area (Å²) in [5.74, 6) is -2.54. The van der Waals surface area contributed by atoms with Gasteiger partial charge in [0.1, 0.15) is 6.04 Å². The second kappa shape index (κ2) is 5.58. The highest BCUT2D eigenvalue weighted by molar-refractivity contribution is 6.06. The predicted octanol–water partition coefficient (Wildman–Crippen LogP) is -1.95. The number of likely N-dealkylation sites (tertiary alicyclic amines) is 1. The van der Waals surface area contributed by atoms with Gasteiger partial charge in [-0.05, 0) is 6.42 Å². The van der Waals surface area contributed by atoms with Crippen molar-refractivity contribution in [3.05, 3.63) is 0 Å². The molecule has 0 bridgehead atoms. The van der Waals surface area contributed by atoms with Crippen molar-refractivity contribution in [3.8, 4) is 0 Å². The molecule has 8 heteroatoms. The maximum Gasteiger partial charge on any atom is 0.303 e. The molecule has 0 saturated carbocycles. The molecule has 1 fully saturated rings. The van der Waals surface area contributed by atoms with Crippen LogP contribution in [0.3, 0.4) is 0 Å². The maximum absolute atomic E-state index is 11.6. The van der Waals surface area contributed by atoms with E-state index in [0.29, 0.717) is 0 Å². The van der Waals surface area contributed by atoms with E-state index in [9.17, 15) is 19.2 Å². The van der Waals surface area contributed by atoms with E-state index in [4.69, 9.17) is 10.8 Å². The molecule has 0 aromatic heterocycles. The Kier molecular flexibility index (Phi) is 4.38. The van der Waals surface area contributed by atoms with Gasteiger partial charge in [-0.3, -0.25) is 24.1 Å². The molecule has 8 nitrogen and oxygen atoms in total. The molecule has 4 N–H and O–H groups in total. The third kappa shape index (κ3) is 3.27. The first kappa shape index (κ1) is 14.1. The van der Waals surface area contributed by atoms with Gasteiger partial charge in [0, 0.05) is 13.5 Å². The zero-order chi connectivity index (χ0) is 13.9. The summed E-state index contributed by atoms with van der Waals surface area (Å²) in [5.41, 5.74) is 5.47. The molecule has 0 aromatic rings. The average Bonchev–Trinajstić information content (AvgIpc) is 2.53. The Balaban J connectivity index is 2.48. The van der Waals surface area contributed by atoms with Crippen LogP contribution in [0.15, 0.2) is 0 Å². The minimum Gasteiger partial charge on any atom is -0.481 e. The van der Waals surface area contributed by atoms with Crippen molar-refractivity contribution >= 4 is 23.7 Å². The minimum absolute atomic E-state index is 0.0220. The monoisotopic (exact) mass is 257 g/mol. The summed E-state index contributed by atoms with van der Waals surface area (Å²) in [6.45, 7) is 0. The fourth-order valence-corrected chi connectivity index (χ4v) is 1.56. The van der Waals surface area contributed by atoms with Crippen LogP contribution in [0.25, 0.3) is 0 Å². The van der Waals surface area contributed by atoms with Crippen LogP contribution in [0, 0.1) is 0 Å². The first-order valence-corrected chi connectivity index (χ1v) is 5.41. The lowest BCUT2D eigenvalue weighted by Crippen LogP contribution is -2.48. The van der Waals surface area contributed by atoms with E-state index in [1.54, 1.807) is 0 Å². The zero-order valence-corrected chi connectivity index (χ0v) is 9.88. The Hall–Kier alpha value is -1.96. The lowest BCUT2D eigenvalue weighted by atomic mass is 10.1. The molecule has 0 spiro atoms. The maximum atomic E-state index is 11.6. The molecule has 1 aliphatic heterocycles. The summed E-state index contributed by atoms with van der Waals surface area (Å²) in [5, 5.41) is 10.8. The van der Waals surface area contributed by atoms with Gasteiger partial charge in [0.25, 0.3) is 5.91 Å². The molecule has 1 saturated heterocycles. The molecular formula is C10H15N3O5. The second-order valence-corrected chi connectivity index (χ2v) is 4.10. The number of likely N-dealkylation sites (N-methyl/N-ethyl adjacent to an activating group) is 1. The molecule has 2 unspecified atom stereocenters. The van der Waals surface area contributed by atoms with Crippen molar-refractivity contribution < 1.29 is 24.3 Å². The van der Waals surface area contributed by atoms with Crippen molar-refractivity contribution in [2.24, 2.45) is 5.73 Å². The Labute approximate surface area is 103 Å². The van der Waals surface area contributed by atoms with E-state index >= 15 is 0 Å². The first-order chi connectivity index (χ1) is 8.32. The van der Waals surface area contributed by atoms with Crippen LogP contribution in [0.2, 0.25) is 0 Å². The van der Waals surface area contributed by atoms with Gasteiger partial charge < -0.3 is 16.2 Å². The third-order valence-corrected chi connectivity index (χ3v) is 2.70. The number of rotatable bonds is 5. The number of carboxylic acids is 1. The van der Waals surface area contributed by atoms with Crippen molar-refractivity contribution in [1.82, 2.24) is 10.2 Å². The first-order valence-electron chi connectivity index (χ1n) is 5.41. The SMILES string of the molecule is CN1C(=O)CC(NC(=O)C(N)CCC(=O)O)C1=O. The summed E-state index contributed by atoms with van der Waals surface area (Å²) in [7, 11) is 1.33. The van der Waals surface area contributed by atoms with Crippen LogP contribution in [0.5, 0.6) is 0 Å². The fourth-order valence-electron chi connectivity index (χ4n) is 1.56. The minimum atomic E-state index is -1.05. The number of nitrogens with zero attached hydrogens (tertiary/aromatic N) is 1. The molecule has 0 aliphatic carbocycles. The standard InChI is InChI=1S/C10H15N3O5/c1-13-7(14)4-6(10(13)18)12-9(17)5(11)2-3-8(15)16/h5-6H,2-4,11H2,1H3,(H,12,17)(H,15,16). The number of carboxylic acid groups (broad SMARTS) is 1. The molecule has 1 aliphatic rings. The molecule has 0 aromatic carbocycles. The van der Waals surface area contributed by atoms with Gasteiger partial charge in [-0.25, -0.2) is 0 Å². The molecule has 100 valence electrons. The molecule has 1 heterocycles. The van der Waals surface area contributed by atoms with E-state index in [0.717, 1.165) is 4.90 Å². The van der Waals surface area contributed by atoms with Crippen LogP contribution in [0.4, 0.5) is 0 Å². The number of nitrogens with two attached hydrogens (primary N) is 1. The highest BCUT2D eigenvalue weighted by atomic mass is 16.4. The molecule has 1 rings (SSSR count). The smallest absolute Gasteiger partial charge is 0.303 e. The van der Waals surface area contributed by atoms with Crippen LogP contribution in [0.1, 0.15) is 19.3 Å². The number of nitrogens with one attached hydrogen (secondary N) is 1. The lowest BCUT2D eigenvalue weighted by molar-refractivity contribution is -0.139. The summed E-state index contributed by atoms with van der Waals surface area (Å²) < 4.78 is 0. The van der Waals surface area contributed by atoms with Crippen LogP contribution in [-0.4, -0.2) is 52.8 Å². The molecule has 18 heavy (non-hydrogen) atoms. The van der Waals surface area contributed by atoms with Crippen molar-refractivity contribution in [3.63, 3.8) is 0 Å². The Bertz CT molecular complexity index is 395. The van der Waals surface area contributed by atoms with Crippen molar-refractivity contribution in [2.45, 2.75) is 31.3 Å². The summed E-state index contributed by atoms with van der Waals surface area (Å²) in [6.07, 6.45) is -0.343. The third-order valence-electron chi connectivity index (χ3n) is 2.70. The Morgan fingerprint density at radius 3 is 2.61 bits per heavy atom. The average molecular weight is 257 g/mol. The van der Waals surface area contributed by atoms with E-state index in [2.05, 4.69) is 5.32 Å². The number of carbonyl (C=O) groups is 4. The van der Waals surface area contributed by atoms with Gasteiger partial charge in [0.15, 0.2) is 0 Å². The lowest BCUT2D eigenvalue weighted by Gasteiger charge is -2.14. The molecular weight excluding hydrogens is 242 g/mol. The summed E-state index contributed by atoms with van der Waals surface area (Å²) in [4.78, 5) is 45.5. The van der Waals surface area contributed by atoms with E-state index < -0.39 is 29.9 Å². The Morgan fingerprint density at radius 1 is 1.56 bits per heavy atom. The second-order valence-electron chi connectivity index (χ2n) is 4.10. The fraction of sp³-hybridized carbons (Fsp3) is 0.600. The number of hydrogen-bond donors (Lipinski definition) is 3. The predicted molar refractivity (Wildman–Crippen MR) is 59.2 cm³/mol. The molecule has 0 radical (unpaired) electrons. The number of carbonyl (C=O) groups excluding carboxylic acids is 3. The van der Waals surface area contributed by atoms with Crippen LogP contribution >= 0.6 is 0 Å². The number of aliphatic carboxylic acids is 1. The van der Waals surface area contributed by atoms with E-state index in [-0.39, 0.29) is 25.2 Å². The van der Waals surface area contributed by atoms with E-state index in [1.165, 1.54) is 7.05 Å². The van der Waals surface area contributed by atoms with Gasteiger partial charge in [-0.15, -0.1) is 0 Å². The van der Waals surface area contributed by atoms with Crippen LogP contribution in [-0.2, 0) is 19.2 Å². The van der Waals surface area contributed by atoms with Crippen LogP contribution < -0.4 is 11.1 Å². The zero-order valence-electron chi connectivity index (χ0n) is 9.88. The summed E-state index contributed by atoms with van der Waals surface area (Å²) >= 11 is 0. The van der Waals surface area contributed by atoms with Gasteiger partial charge >= 0.3 is 5.97 Å². The molecule has 3 amide bonds. The van der Waals surface area contributed by atoms with Gasteiger partial charge in [-0.2, -0.15) is 0 Å². The summed E-state index contributed by atoms with van der Waals surface area (Å²) in [6, 6.07) is -1.90. The largest absolute Gasteiger partial charge is 0.481 e. The molecule has 2 atom stereocenters. The van der Waals surface area contributed by atoms with Gasteiger partial charge in [-0.1, -0.05) is 0 Å². The normalized spacial score (nSPS) is 21.0. The van der Waals surface area contributed by atoms with Gasteiger partial charge in [0.2, 0.25) is 11.8 Å². The Morgan fingerprint density at radius 2 is 2.17 bits per heavy atom. The topological polar surface area (TPSA) is 130 Å². The highest BCUT2D eigenvalue weighted by Crippen LogP contribution is 2.10. The van der Waals surface area contributed by atoms with Gasteiger partial charge in [0.05, 0.1) is 12.5 Å². The van der Waals surface area contributed by atoms with Crippen molar-refractivity contribution in [2.75, 3.05) is 7.05 Å². The van der Waals surface area contributed by atoms with E-state index in [1.807, 2.05) is 0 Å². The van der Waals surface area contributed by atoms with Crippen molar-refractivity contribution in [1.29, 1.82) is 0 Å². The quantitative estimate of drug-likeness (QED) is 0.491. The number of hydrogen-bond acceptors (Lipinski definition) is 5.